The number of carboxylic acids is 1. The molecule has 2 aliphatic heterocycles. The van der Waals surface area contributed by atoms with E-state index in [1.165, 1.54) is 5.57 Å². The summed E-state index contributed by atoms with van der Waals surface area (Å²) in [6, 6.07) is 16.3. The van der Waals surface area contributed by atoms with Crippen LogP contribution in [0.2, 0.25) is 0 Å². The van der Waals surface area contributed by atoms with E-state index in [-0.39, 0.29) is 34.1 Å². The fourth-order valence-corrected chi connectivity index (χ4v) is 8.47. The number of aromatic carboxylic acids is 1. The molecule has 0 bridgehead atoms. The predicted octanol–water partition coefficient (Wildman–Crippen LogP) is 7.47. The smallest absolute Gasteiger partial charge is 0.408 e. The van der Waals surface area contributed by atoms with Crippen molar-refractivity contribution in [2.75, 3.05) is 26.2 Å². The standard InChI is InChI=1S/C42H55N3O6/c1-9-28(2)34(43-38(50)51-39(3,4)5)35(46)44-25-22-42(23-26-44,31-13-11-10-12-14-31)37(49)45-24-20-33-40(6,7)32(19-21-41(33,8)27-45)29-15-17-30(18-16-29)36(47)48/h10-20,28,34H,9,21-27H2,1-8H3,(H,43,50)(H,47,48)/t28-,34-,41-/m1/s1. The van der Waals surface area contributed by atoms with Gasteiger partial charge in [0, 0.05) is 37.0 Å². The molecule has 3 aliphatic rings. The van der Waals surface area contributed by atoms with Crippen LogP contribution >= 0.6 is 0 Å². The SMILES string of the molecule is CC[C@@H](C)[C@@H](NC(=O)OC(C)(C)C)C(=O)N1CCC(C(=O)N2CC=C3C(C)(C)C(c4ccc(C(=O)O)cc4)=CC[C@]3(C)C2)(c2ccccc2)CC1. The van der Waals surface area contributed by atoms with E-state index in [0.29, 0.717) is 45.4 Å². The Hall–Kier alpha value is -4.40. The van der Waals surface area contributed by atoms with Crippen molar-refractivity contribution in [3.63, 3.8) is 0 Å². The molecule has 2 aromatic carbocycles. The molecule has 2 heterocycles. The Kier molecular flexibility index (Phi) is 10.6. The Labute approximate surface area is 303 Å². The third-order valence-corrected chi connectivity index (χ3v) is 11.4. The van der Waals surface area contributed by atoms with Gasteiger partial charge in [-0.25, -0.2) is 9.59 Å². The first-order chi connectivity index (χ1) is 23.9. The summed E-state index contributed by atoms with van der Waals surface area (Å²) >= 11 is 0. The van der Waals surface area contributed by atoms with Crippen LogP contribution in [-0.2, 0) is 19.7 Å². The Balaban J connectivity index is 1.37. The highest BCUT2D eigenvalue weighted by molar-refractivity contribution is 5.91. The number of likely N-dealkylation sites (tertiary alicyclic amines) is 1. The van der Waals surface area contributed by atoms with Crippen molar-refractivity contribution in [1.29, 1.82) is 0 Å². The molecule has 0 spiro atoms. The third-order valence-electron chi connectivity index (χ3n) is 11.4. The molecule has 9 nitrogen and oxygen atoms in total. The molecule has 5 rings (SSSR count). The van der Waals surface area contributed by atoms with Gasteiger partial charge in [0.05, 0.1) is 11.0 Å². The summed E-state index contributed by atoms with van der Waals surface area (Å²) in [5, 5.41) is 12.2. The third kappa shape index (κ3) is 7.63. The summed E-state index contributed by atoms with van der Waals surface area (Å²) in [4.78, 5) is 56.9. The Bertz CT molecular complexity index is 1700. The number of carboxylic acid groups (broad SMARTS) is 1. The van der Waals surface area contributed by atoms with Crippen LogP contribution in [0.5, 0.6) is 0 Å². The summed E-state index contributed by atoms with van der Waals surface area (Å²) in [5.41, 5.74) is 2.63. The number of amides is 3. The number of benzene rings is 2. The number of nitrogens with one attached hydrogen (secondary N) is 1. The van der Waals surface area contributed by atoms with E-state index in [0.717, 1.165) is 23.1 Å². The van der Waals surface area contributed by atoms with Crippen molar-refractivity contribution in [3.8, 4) is 0 Å². The van der Waals surface area contributed by atoms with Crippen molar-refractivity contribution in [2.24, 2.45) is 16.7 Å². The molecule has 1 fully saturated rings. The molecule has 3 amide bonds. The summed E-state index contributed by atoms with van der Waals surface area (Å²) in [6.07, 6.45) is 6.31. The molecule has 0 radical (unpaired) electrons. The van der Waals surface area contributed by atoms with Gasteiger partial charge in [-0.3, -0.25) is 9.59 Å². The average molecular weight is 698 g/mol. The lowest BCUT2D eigenvalue weighted by molar-refractivity contribution is -0.145. The van der Waals surface area contributed by atoms with Crippen LogP contribution in [0.25, 0.3) is 5.57 Å². The number of carbonyl (C=O) groups is 4. The van der Waals surface area contributed by atoms with Crippen LogP contribution in [0.15, 0.2) is 72.3 Å². The second-order valence-corrected chi connectivity index (χ2v) is 16.5. The summed E-state index contributed by atoms with van der Waals surface area (Å²) < 4.78 is 5.49. The van der Waals surface area contributed by atoms with Gasteiger partial charge in [0.15, 0.2) is 0 Å². The molecular weight excluding hydrogens is 642 g/mol. The van der Waals surface area contributed by atoms with Gasteiger partial charge in [0.1, 0.15) is 11.6 Å². The Morgan fingerprint density at radius 3 is 2.12 bits per heavy atom. The zero-order valence-electron chi connectivity index (χ0n) is 31.5. The maximum absolute atomic E-state index is 14.9. The number of piperidine rings is 1. The van der Waals surface area contributed by atoms with Gasteiger partial charge in [-0.05, 0) is 74.8 Å². The zero-order chi connectivity index (χ0) is 37.4. The molecule has 0 unspecified atom stereocenters. The number of hydrogen-bond acceptors (Lipinski definition) is 5. The highest BCUT2D eigenvalue weighted by atomic mass is 16.6. The van der Waals surface area contributed by atoms with Crippen LogP contribution in [0.3, 0.4) is 0 Å². The molecule has 2 N–H and O–H groups in total. The lowest BCUT2D eigenvalue weighted by atomic mass is 9.58. The van der Waals surface area contributed by atoms with Gasteiger partial charge in [-0.2, -0.15) is 0 Å². The number of ether oxygens (including phenoxy) is 1. The minimum atomic E-state index is -0.943. The van der Waals surface area contributed by atoms with E-state index in [9.17, 15) is 24.3 Å². The Morgan fingerprint density at radius 1 is 0.922 bits per heavy atom. The lowest BCUT2D eigenvalue weighted by Gasteiger charge is -2.52. The van der Waals surface area contributed by atoms with E-state index in [4.69, 9.17) is 4.74 Å². The van der Waals surface area contributed by atoms with Crippen LogP contribution in [-0.4, -0.2) is 76.6 Å². The van der Waals surface area contributed by atoms with Gasteiger partial charge >= 0.3 is 12.1 Å². The second kappa shape index (κ2) is 14.3. The summed E-state index contributed by atoms with van der Waals surface area (Å²) in [7, 11) is 0. The van der Waals surface area contributed by atoms with E-state index >= 15 is 0 Å². The molecule has 3 atom stereocenters. The van der Waals surface area contributed by atoms with Gasteiger partial charge in [0.2, 0.25) is 11.8 Å². The maximum Gasteiger partial charge on any atom is 0.408 e. The van der Waals surface area contributed by atoms with Crippen molar-refractivity contribution < 1.29 is 29.0 Å². The molecule has 9 heteroatoms. The highest BCUT2D eigenvalue weighted by Crippen LogP contribution is 2.55. The van der Waals surface area contributed by atoms with Gasteiger partial charge in [0.25, 0.3) is 0 Å². The number of carbonyl (C=O) groups excluding carboxylic acids is 3. The van der Waals surface area contributed by atoms with Gasteiger partial charge in [-0.1, -0.05) is 101 Å². The monoisotopic (exact) mass is 697 g/mol. The number of rotatable bonds is 8. The molecule has 1 aliphatic carbocycles. The minimum absolute atomic E-state index is 0.0829. The highest BCUT2D eigenvalue weighted by Gasteiger charge is 2.51. The first-order valence-electron chi connectivity index (χ1n) is 18.3. The Morgan fingerprint density at radius 2 is 1.55 bits per heavy atom. The van der Waals surface area contributed by atoms with Crippen molar-refractivity contribution >= 4 is 29.5 Å². The molecule has 0 saturated carbocycles. The summed E-state index contributed by atoms with van der Waals surface area (Å²) in [5.74, 6) is -1.10. The quantitative estimate of drug-likeness (QED) is 0.277. The van der Waals surface area contributed by atoms with E-state index in [1.807, 2.05) is 61.2 Å². The largest absolute Gasteiger partial charge is 0.478 e. The van der Waals surface area contributed by atoms with Crippen LogP contribution in [0.1, 0.15) is 103 Å². The number of fused-ring (bicyclic) bond motifs is 1. The predicted molar refractivity (Wildman–Crippen MR) is 199 cm³/mol. The molecule has 1 saturated heterocycles. The average Bonchev–Trinajstić information content (AvgIpc) is 3.09. The zero-order valence-corrected chi connectivity index (χ0v) is 31.5. The van der Waals surface area contributed by atoms with Gasteiger partial charge in [-0.15, -0.1) is 0 Å². The van der Waals surface area contributed by atoms with Crippen molar-refractivity contribution in [3.05, 3.63) is 89.0 Å². The molecule has 0 aromatic heterocycles. The first kappa shape index (κ1) is 37.8. The van der Waals surface area contributed by atoms with E-state index in [1.54, 1.807) is 37.8 Å². The van der Waals surface area contributed by atoms with Crippen LogP contribution in [0, 0.1) is 16.7 Å². The second-order valence-electron chi connectivity index (χ2n) is 16.5. The lowest BCUT2D eigenvalue weighted by Crippen LogP contribution is -2.59. The number of hydrogen-bond donors (Lipinski definition) is 2. The van der Waals surface area contributed by atoms with E-state index < -0.39 is 29.1 Å². The van der Waals surface area contributed by atoms with Crippen LogP contribution < -0.4 is 5.32 Å². The fraction of sp³-hybridized carbons (Fsp3) is 0.524. The molecule has 274 valence electrons. The fourth-order valence-electron chi connectivity index (χ4n) is 8.47. The van der Waals surface area contributed by atoms with Gasteiger partial charge < -0.3 is 25.0 Å². The molecular formula is C42H55N3O6. The number of nitrogens with zero attached hydrogens (tertiary/aromatic N) is 2. The normalized spacial score (nSPS) is 22.4. The molecule has 2 aromatic rings. The van der Waals surface area contributed by atoms with Crippen molar-refractivity contribution in [1.82, 2.24) is 15.1 Å². The first-order valence-corrected chi connectivity index (χ1v) is 18.3. The van der Waals surface area contributed by atoms with E-state index in [2.05, 4.69) is 38.2 Å². The minimum Gasteiger partial charge on any atom is -0.478 e. The molecule has 51 heavy (non-hydrogen) atoms. The number of allylic oxidation sites excluding steroid dienone is 2. The number of alkyl carbamates (subject to hydrolysis) is 1. The maximum atomic E-state index is 14.9. The van der Waals surface area contributed by atoms with Crippen LogP contribution in [0.4, 0.5) is 4.79 Å². The summed E-state index contributed by atoms with van der Waals surface area (Å²) in [6.45, 7) is 17.9. The topological polar surface area (TPSA) is 116 Å². The van der Waals surface area contributed by atoms with Crippen molar-refractivity contribution in [2.45, 2.75) is 98.1 Å².